The molecule has 0 spiro atoms. The molecule has 176 valence electrons. The molecule has 1 N–H and O–H groups in total. The molecule has 3 aliphatic rings. The maximum Gasteiger partial charge on any atom is 0.290 e. The molecule has 1 saturated carbocycles. The van der Waals surface area contributed by atoms with Gasteiger partial charge in [0.15, 0.2) is 5.82 Å². The van der Waals surface area contributed by atoms with E-state index in [-0.39, 0.29) is 17.9 Å². The van der Waals surface area contributed by atoms with Crippen molar-refractivity contribution in [2.45, 2.75) is 69.6 Å². The molecule has 6 heteroatoms. The van der Waals surface area contributed by atoms with Crippen molar-refractivity contribution in [3.05, 3.63) is 71.8 Å². The zero-order chi connectivity index (χ0) is 23.1. The number of fused-ring (bicyclic) bond motifs is 2. The van der Waals surface area contributed by atoms with E-state index in [4.69, 9.17) is 4.98 Å². The topological polar surface area (TPSA) is 71.2 Å². The van der Waals surface area contributed by atoms with Gasteiger partial charge in [0.2, 0.25) is 0 Å². The number of pyridine rings is 1. The second kappa shape index (κ2) is 8.66. The van der Waals surface area contributed by atoms with Gasteiger partial charge in [-0.2, -0.15) is 0 Å². The van der Waals surface area contributed by atoms with Crippen LogP contribution in [0.2, 0.25) is 0 Å². The fourth-order valence-corrected chi connectivity index (χ4v) is 6.56. The summed E-state index contributed by atoms with van der Waals surface area (Å²) in [5.41, 5.74) is 2.91. The van der Waals surface area contributed by atoms with E-state index in [1.165, 1.54) is 0 Å². The van der Waals surface area contributed by atoms with Crippen molar-refractivity contribution in [3.63, 3.8) is 0 Å². The summed E-state index contributed by atoms with van der Waals surface area (Å²) in [4.78, 5) is 25.5. The van der Waals surface area contributed by atoms with Gasteiger partial charge in [-0.15, -0.1) is 0 Å². The monoisotopic (exact) mass is 456 g/mol. The lowest BCUT2D eigenvalue weighted by Gasteiger charge is -2.52. The number of aromatic nitrogens is 3. The highest BCUT2D eigenvalue weighted by atomic mass is 16.3. The van der Waals surface area contributed by atoms with Crippen LogP contribution in [0, 0.1) is 5.92 Å². The van der Waals surface area contributed by atoms with E-state index in [1.807, 2.05) is 53.4 Å². The lowest BCUT2D eigenvalue weighted by atomic mass is 9.66. The summed E-state index contributed by atoms with van der Waals surface area (Å²) in [6.07, 6.45) is 9.51. The second-order valence-electron chi connectivity index (χ2n) is 10.1. The van der Waals surface area contributed by atoms with Crippen molar-refractivity contribution < 1.29 is 9.90 Å². The van der Waals surface area contributed by atoms with Crippen LogP contribution in [-0.2, 0) is 18.6 Å². The summed E-state index contributed by atoms with van der Waals surface area (Å²) in [6.45, 7) is 1.37. The lowest BCUT2D eigenvalue weighted by molar-refractivity contribution is -0.110. The first kappa shape index (κ1) is 21.5. The number of carbonyl (C=O) groups is 1. The predicted octanol–water partition coefficient (Wildman–Crippen LogP) is 4.57. The highest BCUT2D eigenvalue weighted by molar-refractivity contribution is 5.92. The minimum atomic E-state index is -0.881. The van der Waals surface area contributed by atoms with E-state index >= 15 is 0 Å². The molecule has 0 bridgehead atoms. The molecule has 2 aromatic heterocycles. The van der Waals surface area contributed by atoms with Crippen molar-refractivity contribution in [2.24, 2.45) is 5.92 Å². The van der Waals surface area contributed by atoms with Crippen LogP contribution in [0.15, 0.2) is 54.7 Å². The third kappa shape index (κ3) is 3.47. The summed E-state index contributed by atoms with van der Waals surface area (Å²) in [6, 6.07) is 15.9. The number of likely N-dealkylation sites (tertiary alicyclic amines) is 1. The molecule has 6 rings (SSSR count). The van der Waals surface area contributed by atoms with Crippen LogP contribution < -0.4 is 0 Å². The Morgan fingerprint density at radius 3 is 2.62 bits per heavy atom. The third-order valence-electron chi connectivity index (χ3n) is 8.23. The first-order valence-corrected chi connectivity index (χ1v) is 12.8. The van der Waals surface area contributed by atoms with Gasteiger partial charge in [0.25, 0.3) is 5.91 Å². The van der Waals surface area contributed by atoms with Gasteiger partial charge in [-0.05, 0) is 56.2 Å². The summed E-state index contributed by atoms with van der Waals surface area (Å²) in [7, 11) is 0. The van der Waals surface area contributed by atoms with Crippen molar-refractivity contribution in [1.29, 1.82) is 0 Å². The van der Waals surface area contributed by atoms with Gasteiger partial charge in [-0.3, -0.25) is 9.78 Å². The number of aliphatic hydroxyl groups is 1. The first-order valence-electron chi connectivity index (χ1n) is 12.8. The van der Waals surface area contributed by atoms with Gasteiger partial charge in [-0.1, -0.05) is 49.2 Å². The van der Waals surface area contributed by atoms with E-state index in [9.17, 15) is 9.90 Å². The average Bonchev–Trinajstić information content (AvgIpc) is 3.30. The van der Waals surface area contributed by atoms with E-state index in [0.29, 0.717) is 18.8 Å². The smallest absolute Gasteiger partial charge is 0.290 e. The Kier molecular flexibility index (Phi) is 5.48. The normalized spacial score (nSPS) is 26.6. The van der Waals surface area contributed by atoms with Gasteiger partial charge >= 0.3 is 0 Å². The van der Waals surface area contributed by atoms with Gasteiger partial charge in [0, 0.05) is 36.9 Å². The number of amides is 1. The Hall–Kier alpha value is -2.99. The van der Waals surface area contributed by atoms with Crippen LogP contribution in [-0.4, -0.2) is 43.0 Å². The molecule has 1 amide bonds. The largest absolute Gasteiger partial charge is 0.385 e. The maximum absolute atomic E-state index is 14.1. The number of piperidine rings is 1. The maximum atomic E-state index is 14.1. The molecule has 1 aliphatic carbocycles. The molecule has 2 fully saturated rings. The quantitative estimate of drug-likeness (QED) is 0.627. The summed E-state index contributed by atoms with van der Waals surface area (Å²) in [5.74, 6) is 0.606. The zero-order valence-electron chi connectivity index (χ0n) is 19.6. The first-order chi connectivity index (χ1) is 16.7. The molecule has 6 nitrogen and oxygen atoms in total. The number of carbonyl (C=O) groups excluding carboxylic acids is 1. The Morgan fingerprint density at radius 2 is 1.79 bits per heavy atom. The number of nitrogens with zero attached hydrogens (tertiary/aromatic N) is 4. The molecule has 0 radical (unpaired) electrons. The van der Waals surface area contributed by atoms with Crippen LogP contribution in [0.5, 0.6) is 0 Å². The SMILES string of the molecule is O=C(c1nc(-c2ccccn2)c2n1CCCC2)N1CC[C@](O)(c2ccccc2)[C@H]2CCCC[C@H]21. The Bertz CT molecular complexity index is 1180. The average molecular weight is 457 g/mol. The van der Waals surface area contributed by atoms with E-state index in [0.717, 1.165) is 74.1 Å². The van der Waals surface area contributed by atoms with Crippen LogP contribution in [0.25, 0.3) is 11.4 Å². The van der Waals surface area contributed by atoms with Crippen LogP contribution >= 0.6 is 0 Å². The molecule has 3 atom stereocenters. The van der Waals surface area contributed by atoms with Crippen molar-refractivity contribution in [1.82, 2.24) is 19.4 Å². The van der Waals surface area contributed by atoms with E-state index in [1.54, 1.807) is 6.20 Å². The number of rotatable bonds is 3. The Morgan fingerprint density at radius 1 is 0.971 bits per heavy atom. The summed E-state index contributed by atoms with van der Waals surface area (Å²) >= 11 is 0. The van der Waals surface area contributed by atoms with Crippen molar-refractivity contribution >= 4 is 5.91 Å². The fraction of sp³-hybridized carbons (Fsp3) is 0.464. The molecular formula is C28H32N4O2. The summed E-state index contributed by atoms with van der Waals surface area (Å²) < 4.78 is 2.14. The van der Waals surface area contributed by atoms with Gasteiger partial charge < -0.3 is 14.6 Å². The molecule has 34 heavy (non-hydrogen) atoms. The third-order valence-corrected chi connectivity index (χ3v) is 8.23. The Balaban J connectivity index is 1.36. The minimum absolute atomic E-state index is 0.0114. The second-order valence-corrected chi connectivity index (χ2v) is 10.1. The van der Waals surface area contributed by atoms with E-state index in [2.05, 4.69) is 9.55 Å². The summed E-state index contributed by atoms with van der Waals surface area (Å²) in [5, 5.41) is 11.9. The van der Waals surface area contributed by atoms with Crippen LogP contribution in [0.1, 0.15) is 66.8 Å². The van der Waals surface area contributed by atoms with Crippen LogP contribution in [0.4, 0.5) is 0 Å². The number of benzene rings is 1. The molecule has 3 aromatic rings. The molecule has 4 heterocycles. The molecule has 1 aromatic carbocycles. The molecule has 1 saturated heterocycles. The van der Waals surface area contributed by atoms with Crippen LogP contribution in [0.3, 0.4) is 0 Å². The lowest BCUT2D eigenvalue weighted by Crippen LogP contribution is -2.59. The minimum Gasteiger partial charge on any atom is -0.385 e. The highest BCUT2D eigenvalue weighted by Gasteiger charge is 2.51. The predicted molar refractivity (Wildman–Crippen MR) is 130 cm³/mol. The van der Waals surface area contributed by atoms with Gasteiger partial charge in [0.1, 0.15) is 5.69 Å². The highest BCUT2D eigenvalue weighted by Crippen LogP contribution is 2.47. The number of hydrogen-bond acceptors (Lipinski definition) is 4. The Labute approximate surface area is 200 Å². The van der Waals surface area contributed by atoms with E-state index < -0.39 is 5.60 Å². The van der Waals surface area contributed by atoms with Gasteiger partial charge in [-0.25, -0.2) is 4.98 Å². The number of hydrogen-bond donors (Lipinski definition) is 1. The van der Waals surface area contributed by atoms with Crippen molar-refractivity contribution in [3.8, 4) is 11.4 Å². The van der Waals surface area contributed by atoms with Gasteiger partial charge in [0.05, 0.1) is 11.3 Å². The fourth-order valence-electron chi connectivity index (χ4n) is 6.56. The molecule has 2 aliphatic heterocycles. The molecule has 0 unspecified atom stereocenters. The standard InChI is InChI=1S/C28H32N4O2/c33-27(26-30-25(22-13-6-8-17-29-22)24-15-7-9-18-31(24)26)32-19-16-28(34,20-10-2-1-3-11-20)21-12-4-5-14-23(21)32/h1-3,6,8,10-11,13,17,21,23,34H,4-5,7,9,12,14-16,18-19H2/t21-,23+,28-/m0/s1. The zero-order valence-corrected chi connectivity index (χ0v) is 19.6. The van der Waals surface area contributed by atoms with Crippen molar-refractivity contribution in [2.75, 3.05) is 6.54 Å². The molecular weight excluding hydrogens is 424 g/mol. The number of imidazole rings is 1.